The summed E-state index contributed by atoms with van der Waals surface area (Å²) in [5, 5.41) is 0. The molecule has 1 aromatic heterocycles. The van der Waals surface area contributed by atoms with Gasteiger partial charge in [0.1, 0.15) is 5.82 Å². The van der Waals surface area contributed by atoms with E-state index in [1.54, 1.807) is 12.3 Å². The van der Waals surface area contributed by atoms with E-state index >= 15 is 0 Å². The molecule has 0 atom stereocenters. The maximum absolute atomic E-state index is 5.73. The van der Waals surface area contributed by atoms with E-state index in [4.69, 9.17) is 11.5 Å². The summed E-state index contributed by atoms with van der Waals surface area (Å²) in [5.41, 5.74) is 13.5. The van der Waals surface area contributed by atoms with E-state index in [0.717, 1.165) is 11.1 Å². The molecule has 0 aliphatic heterocycles. The number of aromatic nitrogens is 1. The van der Waals surface area contributed by atoms with Gasteiger partial charge < -0.3 is 11.5 Å². The van der Waals surface area contributed by atoms with Gasteiger partial charge in [0.15, 0.2) is 0 Å². The molecule has 1 rings (SSSR count). The van der Waals surface area contributed by atoms with E-state index in [0.29, 0.717) is 11.5 Å². The number of nitrogens with two attached hydrogens (primary N) is 2. The van der Waals surface area contributed by atoms with Crippen LogP contribution in [-0.2, 0) is 0 Å². The van der Waals surface area contributed by atoms with Gasteiger partial charge in [0.05, 0.1) is 5.69 Å². The average Bonchev–Trinajstić information content (AvgIpc) is 2.10. The lowest BCUT2D eigenvalue weighted by Crippen LogP contribution is -2.00. The standard InChI is InChI=1S/C10H13N3/c1-3-4-7(2)8-5-6-13-10(12)9(8)11/h3-6H,2,11H2,1H3,(H2,12,13)/b4-3-. The Morgan fingerprint density at radius 3 is 2.85 bits per heavy atom. The smallest absolute Gasteiger partial charge is 0.147 e. The van der Waals surface area contributed by atoms with Gasteiger partial charge in [-0.2, -0.15) is 0 Å². The van der Waals surface area contributed by atoms with Crippen LogP contribution in [0.25, 0.3) is 5.57 Å². The quantitative estimate of drug-likeness (QED) is 0.674. The molecule has 0 aliphatic rings. The minimum atomic E-state index is 0.350. The highest BCUT2D eigenvalue weighted by Crippen LogP contribution is 2.24. The van der Waals surface area contributed by atoms with Gasteiger partial charge in [0, 0.05) is 11.8 Å². The fourth-order valence-corrected chi connectivity index (χ4v) is 1.06. The lowest BCUT2D eigenvalue weighted by molar-refractivity contribution is 1.33. The minimum Gasteiger partial charge on any atom is -0.395 e. The molecule has 0 unspecified atom stereocenters. The summed E-state index contributed by atoms with van der Waals surface area (Å²) >= 11 is 0. The first kappa shape index (κ1) is 9.32. The van der Waals surface area contributed by atoms with E-state index in [1.807, 2.05) is 19.1 Å². The molecule has 3 nitrogen and oxygen atoms in total. The van der Waals surface area contributed by atoms with E-state index in [1.165, 1.54) is 0 Å². The van der Waals surface area contributed by atoms with Crippen LogP contribution < -0.4 is 11.5 Å². The van der Waals surface area contributed by atoms with Crippen molar-refractivity contribution >= 4 is 17.1 Å². The van der Waals surface area contributed by atoms with Gasteiger partial charge in [-0.25, -0.2) is 4.98 Å². The first-order valence-corrected chi connectivity index (χ1v) is 3.98. The molecule has 0 fully saturated rings. The van der Waals surface area contributed by atoms with Crippen LogP contribution in [0.15, 0.2) is 31.0 Å². The van der Waals surface area contributed by atoms with Gasteiger partial charge in [-0.15, -0.1) is 0 Å². The molecular weight excluding hydrogens is 162 g/mol. The molecule has 0 aliphatic carbocycles. The van der Waals surface area contributed by atoms with Gasteiger partial charge in [0.25, 0.3) is 0 Å². The molecule has 0 radical (unpaired) electrons. The largest absolute Gasteiger partial charge is 0.395 e. The summed E-state index contributed by atoms with van der Waals surface area (Å²) in [6.45, 7) is 5.79. The molecule has 0 spiro atoms. The zero-order valence-electron chi connectivity index (χ0n) is 7.62. The molecule has 1 aromatic rings. The fraction of sp³-hybridized carbons (Fsp3) is 0.100. The average molecular weight is 175 g/mol. The number of hydrogen-bond acceptors (Lipinski definition) is 3. The normalized spacial score (nSPS) is 10.5. The molecule has 3 heteroatoms. The van der Waals surface area contributed by atoms with Crippen LogP contribution in [0.5, 0.6) is 0 Å². The number of anilines is 2. The number of allylic oxidation sites excluding steroid dienone is 3. The Balaban J connectivity index is 3.15. The number of pyridine rings is 1. The van der Waals surface area contributed by atoms with Crippen LogP contribution in [0, 0.1) is 0 Å². The second-order valence-corrected chi connectivity index (χ2v) is 2.68. The van der Waals surface area contributed by atoms with Gasteiger partial charge >= 0.3 is 0 Å². The Morgan fingerprint density at radius 2 is 2.23 bits per heavy atom. The van der Waals surface area contributed by atoms with E-state index in [9.17, 15) is 0 Å². The monoisotopic (exact) mass is 175 g/mol. The van der Waals surface area contributed by atoms with E-state index in [2.05, 4.69) is 11.6 Å². The molecule has 4 N–H and O–H groups in total. The van der Waals surface area contributed by atoms with Gasteiger partial charge in [-0.3, -0.25) is 0 Å². The highest BCUT2D eigenvalue weighted by molar-refractivity contribution is 5.83. The highest BCUT2D eigenvalue weighted by atomic mass is 14.9. The van der Waals surface area contributed by atoms with E-state index < -0.39 is 0 Å². The number of hydrogen-bond donors (Lipinski definition) is 2. The third-order valence-corrected chi connectivity index (χ3v) is 1.73. The van der Waals surface area contributed by atoms with Crippen molar-refractivity contribution in [2.75, 3.05) is 11.5 Å². The summed E-state index contributed by atoms with van der Waals surface area (Å²) in [6.07, 6.45) is 5.40. The topological polar surface area (TPSA) is 64.9 Å². The number of nitrogen functional groups attached to an aromatic ring is 2. The van der Waals surface area contributed by atoms with Crippen molar-refractivity contribution in [1.82, 2.24) is 4.98 Å². The lowest BCUT2D eigenvalue weighted by Gasteiger charge is -2.06. The van der Waals surface area contributed by atoms with Crippen LogP contribution >= 0.6 is 0 Å². The molecule has 0 saturated heterocycles. The van der Waals surface area contributed by atoms with Gasteiger partial charge in [-0.1, -0.05) is 18.7 Å². The van der Waals surface area contributed by atoms with Crippen molar-refractivity contribution in [2.45, 2.75) is 6.92 Å². The summed E-state index contributed by atoms with van der Waals surface area (Å²) in [7, 11) is 0. The molecular formula is C10H13N3. The lowest BCUT2D eigenvalue weighted by atomic mass is 10.1. The Morgan fingerprint density at radius 1 is 1.54 bits per heavy atom. The summed E-state index contributed by atoms with van der Waals surface area (Å²) in [5.74, 6) is 0.350. The maximum Gasteiger partial charge on any atom is 0.147 e. The number of rotatable bonds is 2. The van der Waals surface area contributed by atoms with Crippen LogP contribution in [-0.4, -0.2) is 4.98 Å². The van der Waals surface area contributed by atoms with Crippen molar-refractivity contribution < 1.29 is 0 Å². The third kappa shape index (κ3) is 1.87. The molecule has 0 aromatic carbocycles. The second-order valence-electron chi connectivity index (χ2n) is 2.68. The van der Waals surface area contributed by atoms with Crippen LogP contribution in [0.3, 0.4) is 0 Å². The molecule has 0 bridgehead atoms. The van der Waals surface area contributed by atoms with Crippen LogP contribution in [0.4, 0.5) is 11.5 Å². The van der Waals surface area contributed by atoms with Crippen LogP contribution in [0.1, 0.15) is 12.5 Å². The zero-order valence-corrected chi connectivity index (χ0v) is 7.62. The molecule has 68 valence electrons. The predicted molar refractivity (Wildman–Crippen MR) is 56.9 cm³/mol. The first-order valence-electron chi connectivity index (χ1n) is 3.98. The predicted octanol–water partition coefficient (Wildman–Crippen LogP) is 1.84. The molecule has 0 amide bonds. The Labute approximate surface area is 77.8 Å². The van der Waals surface area contributed by atoms with E-state index in [-0.39, 0.29) is 0 Å². The van der Waals surface area contributed by atoms with Crippen molar-refractivity contribution in [3.05, 3.63) is 36.6 Å². The summed E-state index contributed by atoms with van der Waals surface area (Å²) in [4.78, 5) is 3.87. The maximum atomic E-state index is 5.73. The second kappa shape index (κ2) is 3.76. The number of nitrogens with zero attached hydrogens (tertiary/aromatic N) is 1. The van der Waals surface area contributed by atoms with Crippen molar-refractivity contribution in [3.8, 4) is 0 Å². The van der Waals surface area contributed by atoms with Crippen molar-refractivity contribution in [2.24, 2.45) is 0 Å². The third-order valence-electron chi connectivity index (χ3n) is 1.73. The molecule has 13 heavy (non-hydrogen) atoms. The fourth-order valence-electron chi connectivity index (χ4n) is 1.06. The van der Waals surface area contributed by atoms with Crippen LogP contribution in [0.2, 0.25) is 0 Å². The van der Waals surface area contributed by atoms with Gasteiger partial charge in [-0.05, 0) is 18.6 Å². The Kier molecular flexibility index (Phi) is 2.69. The SMILES string of the molecule is C=C(/C=C\C)c1ccnc(N)c1N. The Hall–Kier alpha value is -1.77. The Bertz CT molecular complexity index is 353. The summed E-state index contributed by atoms with van der Waals surface area (Å²) < 4.78 is 0. The first-order chi connectivity index (χ1) is 6.16. The van der Waals surface area contributed by atoms with Crippen molar-refractivity contribution in [1.29, 1.82) is 0 Å². The highest BCUT2D eigenvalue weighted by Gasteiger charge is 2.03. The minimum absolute atomic E-state index is 0.350. The zero-order chi connectivity index (χ0) is 9.84. The molecule has 1 heterocycles. The summed E-state index contributed by atoms with van der Waals surface area (Å²) in [6, 6.07) is 1.80. The van der Waals surface area contributed by atoms with Crippen molar-refractivity contribution in [3.63, 3.8) is 0 Å². The van der Waals surface area contributed by atoms with Gasteiger partial charge in [0.2, 0.25) is 0 Å². The molecule has 0 saturated carbocycles.